The molecule has 5 heteroatoms. The maximum Gasteiger partial charge on any atom is 0.227 e. The van der Waals surface area contributed by atoms with Gasteiger partial charge in [0.05, 0.1) is 12.8 Å². The summed E-state index contributed by atoms with van der Waals surface area (Å²) >= 11 is 0. The van der Waals surface area contributed by atoms with Gasteiger partial charge >= 0.3 is 0 Å². The van der Waals surface area contributed by atoms with E-state index in [0.717, 1.165) is 36.6 Å². The predicted octanol–water partition coefficient (Wildman–Crippen LogP) is 1.87. The average molecular weight is 256 g/mol. The number of aromatic nitrogens is 2. The number of nitrogens with one attached hydrogen (secondary N) is 2. The Morgan fingerprint density at radius 2 is 2.32 bits per heavy atom. The van der Waals surface area contributed by atoms with E-state index < -0.39 is 0 Å². The Balaban J connectivity index is 1.82. The molecule has 2 aromatic rings. The third-order valence-corrected chi connectivity index (χ3v) is 3.13. The summed E-state index contributed by atoms with van der Waals surface area (Å²) in [6.45, 7) is 1.83. The van der Waals surface area contributed by atoms with Gasteiger partial charge in [0.1, 0.15) is 5.75 Å². The summed E-state index contributed by atoms with van der Waals surface area (Å²) in [7, 11) is 1.65. The van der Waals surface area contributed by atoms with E-state index in [1.807, 2.05) is 30.5 Å². The van der Waals surface area contributed by atoms with Crippen LogP contribution in [0.2, 0.25) is 0 Å². The van der Waals surface area contributed by atoms with Crippen LogP contribution in [-0.2, 0) is 13.0 Å². The summed E-state index contributed by atoms with van der Waals surface area (Å²) in [5, 5.41) is 6.51. The molecular formula is C14H16N4O. The lowest BCUT2D eigenvalue weighted by molar-refractivity contribution is 0.415. The van der Waals surface area contributed by atoms with Gasteiger partial charge in [-0.05, 0) is 12.1 Å². The van der Waals surface area contributed by atoms with Crippen LogP contribution >= 0.6 is 0 Å². The molecule has 1 aromatic heterocycles. The second kappa shape index (κ2) is 5.24. The van der Waals surface area contributed by atoms with E-state index in [4.69, 9.17) is 4.74 Å². The van der Waals surface area contributed by atoms with Gasteiger partial charge in [-0.25, -0.2) is 9.97 Å². The number of hydrogen-bond acceptors (Lipinski definition) is 5. The Labute approximate surface area is 112 Å². The largest absolute Gasteiger partial charge is 0.497 e. The van der Waals surface area contributed by atoms with Crippen LogP contribution in [0.1, 0.15) is 11.3 Å². The predicted molar refractivity (Wildman–Crippen MR) is 73.7 cm³/mol. The Kier molecular flexibility index (Phi) is 3.29. The highest BCUT2D eigenvalue weighted by Crippen LogP contribution is 2.20. The average Bonchev–Trinajstić information content (AvgIpc) is 2.47. The Morgan fingerprint density at radius 1 is 1.37 bits per heavy atom. The fraction of sp³-hybridized carbons (Fsp3) is 0.286. The summed E-state index contributed by atoms with van der Waals surface area (Å²) in [6.07, 6.45) is 2.83. The van der Waals surface area contributed by atoms with Crippen LogP contribution in [0.15, 0.2) is 30.5 Å². The van der Waals surface area contributed by atoms with Crippen molar-refractivity contribution in [2.24, 2.45) is 0 Å². The number of methoxy groups -OCH3 is 1. The van der Waals surface area contributed by atoms with Gasteiger partial charge in [0.25, 0.3) is 0 Å². The fourth-order valence-corrected chi connectivity index (χ4v) is 2.13. The summed E-state index contributed by atoms with van der Waals surface area (Å²) < 4.78 is 5.19. The molecule has 1 aliphatic heterocycles. The van der Waals surface area contributed by atoms with Crippen molar-refractivity contribution >= 4 is 11.6 Å². The van der Waals surface area contributed by atoms with E-state index in [2.05, 4.69) is 20.6 Å². The maximum atomic E-state index is 5.19. The number of fused-ring (bicyclic) bond motifs is 1. The molecule has 0 saturated heterocycles. The molecule has 5 nitrogen and oxygen atoms in total. The van der Waals surface area contributed by atoms with Crippen molar-refractivity contribution in [3.05, 3.63) is 41.7 Å². The van der Waals surface area contributed by atoms with Crippen molar-refractivity contribution in [3.8, 4) is 5.75 Å². The summed E-state index contributed by atoms with van der Waals surface area (Å²) in [6, 6.07) is 7.73. The van der Waals surface area contributed by atoms with Gasteiger partial charge < -0.3 is 15.4 Å². The molecular weight excluding hydrogens is 240 g/mol. The topological polar surface area (TPSA) is 59.1 Å². The third kappa shape index (κ3) is 2.66. The Hall–Kier alpha value is -2.14. The molecule has 0 radical (unpaired) electrons. The first-order valence-corrected chi connectivity index (χ1v) is 6.32. The second-order valence-electron chi connectivity index (χ2n) is 4.45. The standard InChI is InChI=1S/C14H16N4O/c1-19-12-4-2-3-11(7-12)17-14-16-9-10-8-15-6-5-13(10)18-14/h2-4,7,9,15H,5-6,8H2,1H3,(H,16,17,18). The molecule has 0 atom stereocenters. The zero-order valence-corrected chi connectivity index (χ0v) is 10.8. The molecule has 1 aromatic carbocycles. The molecule has 98 valence electrons. The van der Waals surface area contributed by atoms with Crippen LogP contribution in [0.4, 0.5) is 11.6 Å². The minimum atomic E-state index is 0.633. The van der Waals surface area contributed by atoms with Crippen LogP contribution in [0.5, 0.6) is 5.75 Å². The molecule has 0 unspecified atom stereocenters. The molecule has 0 bridgehead atoms. The monoisotopic (exact) mass is 256 g/mol. The van der Waals surface area contributed by atoms with Crippen LogP contribution in [-0.4, -0.2) is 23.6 Å². The minimum Gasteiger partial charge on any atom is -0.497 e. The summed E-state index contributed by atoms with van der Waals surface area (Å²) in [5.74, 6) is 1.45. The van der Waals surface area contributed by atoms with E-state index in [1.165, 1.54) is 5.56 Å². The van der Waals surface area contributed by atoms with Gasteiger partial charge in [0, 0.05) is 43.0 Å². The smallest absolute Gasteiger partial charge is 0.227 e. The fourth-order valence-electron chi connectivity index (χ4n) is 2.13. The summed E-state index contributed by atoms with van der Waals surface area (Å²) in [5.41, 5.74) is 3.23. The Morgan fingerprint density at radius 3 is 3.21 bits per heavy atom. The lowest BCUT2D eigenvalue weighted by atomic mass is 10.1. The van der Waals surface area contributed by atoms with Crippen molar-refractivity contribution < 1.29 is 4.74 Å². The van der Waals surface area contributed by atoms with Crippen molar-refractivity contribution in [2.75, 3.05) is 19.0 Å². The first-order valence-electron chi connectivity index (χ1n) is 6.32. The molecule has 0 spiro atoms. The SMILES string of the molecule is COc1cccc(Nc2ncc3c(n2)CCNC3)c1. The number of anilines is 2. The maximum absolute atomic E-state index is 5.19. The van der Waals surface area contributed by atoms with E-state index >= 15 is 0 Å². The van der Waals surface area contributed by atoms with E-state index in [0.29, 0.717) is 5.95 Å². The van der Waals surface area contributed by atoms with Crippen molar-refractivity contribution in [1.29, 1.82) is 0 Å². The molecule has 0 aliphatic carbocycles. The van der Waals surface area contributed by atoms with Crippen molar-refractivity contribution in [1.82, 2.24) is 15.3 Å². The van der Waals surface area contributed by atoms with E-state index in [1.54, 1.807) is 7.11 Å². The number of nitrogens with zero attached hydrogens (tertiary/aromatic N) is 2. The van der Waals surface area contributed by atoms with Gasteiger partial charge in [0.2, 0.25) is 5.95 Å². The highest BCUT2D eigenvalue weighted by molar-refractivity contribution is 5.56. The zero-order chi connectivity index (χ0) is 13.1. The number of benzene rings is 1. The molecule has 0 amide bonds. The molecule has 3 rings (SSSR count). The van der Waals surface area contributed by atoms with Crippen LogP contribution in [0.25, 0.3) is 0 Å². The molecule has 1 aliphatic rings. The molecule has 2 N–H and O–H groups in total. The Bertz CT molecular complexity index is 585. The van der Waals surface area contributed by atoms with Gasteiger partial charge in [-0.3, -0.25) is 0 Å². The molecule has 0 saturated carbocycles. The second-order valence-corrected chi connectivity index (χ2v) is 4.45. The summed E-state index contributed by atoms with van der Waals surface area (Å²) in [4.78, 5) is 8.90. The first kappa shape index (κ1) is 11.9. The number of rotatable bonds is 3. The van der Waals surface area contributed by atoms with Gasteiger partial charge in [-0.15, -0.1) is 0 Å². The number of hydrogen-bond donors (Lipinski definition) is 2. The van der Waals surface area contributed by atoms with Gasteiger partial charge in [-0.2, -0.15) is 0 Å². The molecule has 19 heavy (non-hydrogen) atoms. The third-order valence-electron chi connectivity index (χ3n) is 3.13. The highest BCUT2D eigenvalue weighted by Gasteiger charge is 2.11. The molecule has 0 fully saturated rings. The van der Waals surface area contributed by atoms with Crippen molar-refractivity contribution in [2.45, 2.75) is 13.0 Å². The minimum absolute atomic E-state index is 0.633. The first-order chi connectivity index (χ1) is 9.35. The number of ether oxygens (including phenoxy) is 1. The quantitative estimate of drug-likeness (QED) is 0.878. The van der Waals surface area contributed by atoms with E-state index in [-0.39, 0.29) is 0 Å². The van der Waals surface area contributed by atoms with Crippen LogP contribution in [0, 0.1) is 0 Å². The zero-order valence-electron chi connectivity index (χ0n) is 10.8. The lowest BCUT2D eigenvalue weighted by Gasteiger charge is -2.16. The highest BCUT2D eigenvalue weighted by atomic mass is 16.5. The van der Waals surface area contributed by atoms with Gasteiger partial charge in [0.15, 0.2) is 0 Å². The van der Waals surface area contributed by atoms with Crippen LogP contribution in [0.3, 0.4) is 0 Å². The normalized spacial score (nSPS) is 13.7. The van der Waals surface area contributed by atoms with Gasteiger partial charge in [-0.1, -0.05) is 6.07 Å². The van der Waals surface area contributed by atoms with E-state index in [9.17, 15) is 0 Å². The molecule has 2 heterocycles. The van der Waals surface area contributed by atoms with Crippen molar-refractivity contribution in [3.63, 3.8) is 0 Å². The lowest BCUT2D eigenvalue weighted by Crippen LogP contribution is -2.25. The van der Waals surface area contributed by atoms with Crippen LogP contribution < -0.4 is 15.4 Å².